The summed E-state index contributed by atoms with van der Waals surface area (Å²) in [5.41, 5.74) is 0. The fraction of sp³-hybridized carbons (Fsp3) is 1.00. The molecule has 1 aliphatic carbocycles. The van der Waals surface area contributed by atoms with E-state index in [1.165, 1.54) is 0 Å². The summed E-state index contributed by atoms with van der Waals surface area (Å²) >= 11 is 0. The van der Waals surface area contributed by atoms with Crippen molar-refractivity contribution >= 4 is 0 Å². The van der Waals surface area contributed by atoms with Crippen molar-refractivity contribution in [1.29, 1.82) is 0 Å². The van der Waals surface area contributed by atoms with Gasteiger partial charge in [0.1, 0.15) is 6.67 Å². The molecule has 0 aromatic carbocycles. The maximum absolute atomic E-state index is 11.9. The van der Waals surface area contributed by atoms with E-state index in [1.807, 2.05) is 0 Å². The minimum absolute atomic E-state index is 0.198. The number of hydrogen-bond donors (Lipinski definition) is 0. The Balaban J connectivity index is 1.74. The Kier molecular flexibility index (Phi) is 3.36. The van der Waals surface area contributed by atoms with Crippen LogP contribution in [0.5, 0.6) is 0 Å². The zero-order valence-electron chi connectivity index (χ0n) is 8.34. The van der Waals surface area contributed by atoms with Gasteiger partial charge < -0.3 is 14.2 Å². The highest BCUT2D eigenvalue weighted by molar-refractivity contribution is 4.82. The molecule has 0 atom stereocenters. The molecule has 0 radical (unpaired) electrons. The molecule has 1 saturated heterocycles. The first-order valence-corrected chi connectivity index (χ1v) is 5.30. The standard InChI is InChI=1S/C10H17FO3/c11-5-6-12-9-1-3-10(4-2-9)13-7-8-14-10/h9H,1-8H2. The first-order chi connectivity index (χ1) is 6.85. The van der Waals surface area contributed by atoms with Gasteiger partial charge in [-0.3, -0.25) is 0 Å². The number of ether oxygens (including phenoxy) is 3. The minimum atomic E-state index is -0.394. The molecular formula is C10H17FO3. The third-order valence-electron chi connectivity index (χ3n) is 2.94. The van der Waals surface area contributed by atoms with E-state index in [0.717, 1.165) is 25.7 Å². The topological polar surface area (TPSA) is 27.7 Å². The molecule has 0 aromatic rings. The Morgan fingerprint density at radius 2 is 1.86 bits per heavy atom. The van der Waals surface area contributed by atoms with E-state index in [1.54, 1.807) is 0 Å². The van der Waals surface area contributed by atoms with E-state index >= 15 is 0 Å². The summed E-state index contributed by atoms with van der Waals surface area (Å²) in [6.07, 6.45) is 3.79. The number of halogens is 1. The molecule has 2 aliphatic rings. The molecule has 2 rings (SSSR count). The second kappa shape index (κ2) is 4.55. The molecule has 0 bridgehead atoms. The maximum atomic E-state index is 11.9. The lowest BCUT2D eigenvalue weighted by atomic mass is 9.92. The van der Waals surface area contributed by atoms with Crippen molar-refractivity contribution < 1.29 is 18.6 Å². The van der Waals surface area contributed by atoms with Gasteiger partial charge in [-0.25, -0.2) is 4.39 Å². The van der Waals surface area contributed by atoms with Crippen molar-refractivity contribution in [3.8, 4) is 0 Å². The van der Waals surface area contributed by atoms with Gasteiger partial charge in [0.05, 0.1) is 25.9 Å². The molecule has 0 N–H and O–H groups in total. The Bertz CT molecular complexity index is 170. The summed E-state index contributed by atoms with van der Waals surface area (Å²) in [7, 11) is 0. The van der Waals surface area contributed by atoms with Gasteiger partial charge in [0, 0.05) is 12.8 Å². The summed E-state index contributed by atoms with van der Waals surface area (Å²) in [5.74, 6) is -0.324. The normalized spacial score (nSPS) is 27.2. The molecule has 82 valence electrons. The molecule has 0 aromatic heterocycles. The molecule has 0 unspecified atom stereocenters. The molecule has 2 fully saturated rings. The fourth-order valence-corrected chi connectivity index (χ4v) is 2.19. The summed E-state index contributed by atoms with van der Waals surface area (Å²) in [5, 5.41) is 0. The van der Waals surface area contributed by atoms with Crippen molar-refractivity contribution in [3.05, 3.63) is 0 Å². The number of alkyl halides is 1. The van der Waals surface area contributed by atoms with Crippen LogP contribution in [-0.2, 0) is 14.2 Å². The Hall–Kier alpha value is -0.190. The highest BCUT2D eigenvalue weighted by Gasteiger charge is 2.40. The number of rotatable bonds is 3. The summed E-state index contributed by atoms with van der Waals surface area (Å²) in [6, 6.07) is 0. The molecule has 4 heteroatoms. The smallest absolute Gasteiger partial charge is 0.168 e. The molecule has 3 nitrogen and oxygen atoms in total. The predicted octanol–water partition coefficient (Wildman–Crippen LogP) is 1.66. The predicted molar refractivity (Wildman–Crippen MR) is 48.8 cm³/mol. The average Bonchev–Trinajstić information content (AvgIpc) is 2.66. The highest BCUT2D eigenvalue weighted by Crippen LogP contribution is 2.36. The third-order valence-corrected chi connectivity index (χ3v) is 2.94. The molecule has 14 heavy (non-hydrogen) atoms. The van der Waals surface area contributed by atoms with Crippen molar-refractivity contribution in [2.75, 3.05) is 26.5 Å². The van der Waals surface area contributed by atoms with Gasteiger partial charge in [0.25, 0.3) is 0 Å². The third kappa shape index (κ3) is 2.24. The van der Waals surface area contributed by atoms with Crippen LogP contribution in [0.15, 0.2) is 0 Å². The van der Waals surface area contributed by atoms with E-state index in [2.05, 4.69) is 0 Å². The van der Waals surface area contributed by atoms with Crippen LogP contribution in [0, 0.1) is 0 Å². The molecule has 1 spiro atoms. The van der Waals surface area contributed by atoms with E-state index in [0.29, 0.717) is 13.2 Å². The van der Waals surface area contributed by atoms with Gasteiger partial charge in [-0.05, 0) is 12.8 Å². The molecule has 1 heterocycles. The van der Waals surface area contributed by atoms with Gasteiger partial charge in [-0.1, -0.05) is 0 Å². The van der Waals surface area contributed by atoms with Gasteiger partial charge in [0.15, 0.2) is 5.79 Å². The Labute approximate surface area is 83.5 Å². The lowest BCUT2D eigenvalue weighted by molar-refractivity contribution is -0.191. The largest absolute Gasteiger partial charge is 0.376 e. The Morgan fingerprint density at radius 1 is 1.21 bits per heavy atom. The summed E-state index contributed by atoms with van der Waals surface area (Å²) in [4.78, 5) is 0. The van der Waals surface area contributed by atoms with E-state index in [9.17, 15) is 4.39 Å². The van der Waals surface area contributed by atoms with Gasteiger partial charge in [0.2, 0.25) is 0 Å². The SMILES string of the molecule is FCCOC1CCC2(CC1)OCCO2. The highest BCUT2D eigenvalue weighted by atomic mass is 19.1. The van der Waals surface area contributed by atoms with Crippen LogP contribution in [0.25, 0.3) is 0 Å². The lowest BCUT2D eigenvalue weighted by Gasteiger charge is -2.35. The quantitative estimate of drug-likeness (QED) is 0.699. The van der Waals surface area contributed by atoms with Crippen LogP contribution >= 0.6 is 0 Å². The van der Waals surface area contributed by atoms with E-state index < -0.39 is 6.67 Å². The first kappa shape index (κ1) is 10.3. The van der Waals surface area contributed by atoms with Crippen molar-refractivity contribution in [3.63, 3.8) is 0 Å². The summed E-state index contributed by atoms with van der Waals surface area (Å²) < 4.78 is 28.4. The van der Waals surface area contributed by atoms with Crippen LogP contribution in [0.2, 0.25) is 0 Å². The van der Waals surface area contributed by atoms with Crippen LogP contribution in [0.1, 0.15) is 25.7 Å². The van der Waals surface area contributed by atoms with Crippen molar-refractivity contribution in [2.45, 2.75) is 37.6 Å². The summed E-state index contributed by atoms with van der Waals surface area (Å²) in [6.45, 7) is 1.24. The molecule has 1 saturated carbocycles. The fourth-order valence-electron chi connectivity index (χ4n) is 2.19. The van der Waals surface area contributed by atoms with Crippen LogP contribution < -0.4 is 0 Å². The first-order valence-electron chi connectivity index (χ1n) is 5.30. The van der Waals surface area contributed by atoms with Crippen LogP contribution in [-0.4, -0.2) is 38.4 Å². The Morgan fingerprint density at radius 3 is 2.43 bits per heavy atom. The van der Waals surface area contributed by atoms with E-state index in [4.69, 9.17) is 14.2 Å². The van der Waals surface area contributed by atoms with Crippen molar-refractivity contribution in [1.82, 2.24) is 0 Å². The molecule has 0 amide bonds. The van der Waals surface area contributed by atoms with Crippen molar-refractivity contribution in [2.24, 2.45) is 0 Å². The second-order valence-electron chi connectivity index (χ2n) is 3.87. The minimum Gasteiger partial charge on any atom is -0.376 e. The lowest BCUT2D eigenvalue weighted by Crippen LogP contribution is -2.37. The zero-order valence-corrected chi connectivity index (χ0v) is 8.34. The monoisotopic (exact) mass is 204 g/mol. The van der Waals surface area contributed by atoms with Crippen LogP contribution in [0.4, 0.5) is 4.39 Å². The second-order valence-corrected chi connectivity index (χ2v) is 3.87. The zero-order chi connectivity index (χ0) is 9.86. The van der Waals surface area contributed by atoms with Gasteiger partial charge in [-0.2, -0.15) is 0 Å². The van der Waals surface area contributed by atoms with Gasteiger partial charge >= 0.3 is 0 Å². The average molecular weight is 204 g/mol. The maximum Gasteiger partial charge on any atom is 0.168 e. The molecule has 1 aliphatic heterocycles. The number of hydrogen-bond acceptors (Lipinski definition) is 3. The van der Waals surface area contributed by atoms with E-state index in [-0.39, 0.29) is 18.5 Å². The van der Waals surface area contributed by atoms with Crippen LogP contribution in [0.3, 0.4) is 0 Å². The molecular weight excluding hydrogens is 187 g/mol. The van der Waals surface area contributed by atoms with Gasteiger partial charge in [-0.15, -0.1) is 0 Å².